The Hall–Kier alpha value is -6.18. The molecule has 0 fully saturated rings. The lowest BCUT2D eigenvalue weighted by Gasteiger charge is -2.26. The molecular weight excluding hydrogens is 567 g/mol. The number of rotatable bonds is 7. The fourth-order valence-electron chi connectivity index (χ4n) is 6.08. The Balaban J connectivity index is 1.20. The molecule has 8 rings (SSSR count). The first-order chi connectivity index (χ1) is 25.0. The second kappa shape index (κ2) is 12.7. The predicted molar refractivity (Wildman–Crippen MR) is 200 cm³/mol. The van der Waals surface area contributed by atoms with Gasteiger partial charge in [-0.15, -0.1) is 0 Å². The summed E-state index contributed by atoms with van der Waals surface area (Å²) in [5.74, 6) is 0. The van der Waals surface area contributed by atoms with E-state index in [1.54, 1.807) is 0 Å². The molecule has 0 unspecified atom stereocenters. The van der Waals surface area contributed by atoms with Crippen LogP contribution in [0.3, 0.4) is 0 Å². The minimum atomic E-state index is -0.106. The van der Waals surface area contributed by atoms with Crippen LogP contribution in [0.25, 0.3) is 55.3 Å². The lowest BCUT2D eigenvalue weighted by Crippen LogP contribution is -2.09. The minimum absolute atomic E-state index is 0.0862. The van der Waals surface area contributed by atoms with Gasteiger partial charge in [0.05, 0.1) is 5.48 Å². The third kappa shape index (κ3) is 5.95. The molecule has 0 bridgehead atoms. The quantitative estimate of drug-likeness (QED) is 0.175. The van der Waals surface area contributed by atoms with E-state index < -0.39 is 0 Å². The number of nitrogens with zero attached hydrogens (tertiary/aromatic N) is 1. The average molecular weight is 604 g/mol. The summed E-state index contributed by atoms with van der Waals surface area (Å²) in [5, 5.41) is 2.28. The van der Waals surface area contributed by atoms with E-state index in [4.69, 9.17) is 0 Å². The average Bonchev–Trinajstić information content (AvgIpc) is 3.19. The molecule has 0 saturated carbocycles. The van der Waals surface area contributed by atoms with E-state index in [-0.39, 0.29) is 35.4 Å². The summed E-state index contributed by atoms with van der Waals surface area (Å²) in [6, 6.07) is 58.2. The zero-order chi connectivity index (χ0) is 34.9. The van der Waals surface area contributed by atoms with Gasteiger partial charge in [-0.1, -0.05) is 146 Å². The van der Waals surface area contributed by atoms with E-state index in [0.717, 1.165) is 55.5 Å². The molecule has 1 nitrogen and oxygen atoms in total. The monoisotopic (exact) mass is 603 g/mol. The van der Waals surface area contributed by atoms with E-state index in [0.29, 0.717) is 5.56 Å². The van der Waals surface area contributed by atoms with E-state index >= 15 is 0 Å². The largest absolute Gasteiger partial charge is 0.311 e. The molecule has 0 aliphatic carbocycles. The van der Waals surface area contributed by atoms with Gasteiger partial charge in [-0.25, -0.2) is 0 Å². The maximum atomic E-state index is 9.31. The van der Waals surface area contributed by atoms with Crippen LogP contribution in [0.15, 0.2) is 200 Å². The first kappa shape index (κ1) is 24.1. The Kier molecular flexibility index (Phi) is 6.50. The summed E-state index contributed by atoms with van der Waals surface area (Å²) < 4.78 is 37.1. The van der Waals surface area contributed by atoms with Crippen molar-refractivity contribution >= 4 is 27.8 Å². The van der Waals surface area contributed by atoms with Gasteiger partial charge in [0.1, 0.15) is 0 Å². The molecule has 0 N–H and O–H groups in total. The smallest absolute Gasteiger partial charge is 0.0645 e. The van der Waals surface area contributed by atoms with Gasteiger partial charge in [0, 0.05) is 17.1 Å². The van der Waals surface area contributed by atoms with Gasteiger partial charge >= 0.3 is 0 Å². The van der Waals surface area contributed by atoms with Crippen molar-refractivity contribution in [2.45, 2.75) is 0 Å². The predicted octanol–water partition coefficient (Wildman–Crippen LogP) is 13.0. The highest BCUT2D eigenvalue weighted by Gasteiger charge is 2.13. The van der Waals surface area contributed by atoms with E-state index in [9.17, 15) is 5.48 Å². The Bertz CT molecular complexity index is 2480. The SMILES string of the molecule is [2H]c1c([2H])c(N(c2ccccc2)c2ccc(-c3cccc(-c4ccccc4)c3)cc2)c([2H])c([2H])c1-c1cccc(-c2ccc3ccccc3c2)c1. The summed E-state index contributed by atoms with van der Waals surface area (Å²) in [6.45, 7) is 0. The van der Waals surface area contributed by atoms with Crippen molar-refractivity contribution in [3.05, 3.63) is 200 Å². The number of fused-ring (bicyclic) bond motifs is 1. The summed E-state index contributed by atoms with van der Waals surface area (Å²) in [6.07, 6.45) is 0. The van der Waals surface area contributed by atoms with Crippen LogP contribution in [0.2, 0.25) is 0 Å². The van der Waals surface area contributed by atoms with Crippen LogP contribution < -0.4 is 4.90 Å². The second-order valence-corrected chi connectivity index (χ2v) is 11.5. The summed E-state index contributed by atoms with van der Waals surface area (Å²) in [4.78, 5) is 1.82. The molecule has 0 atom stereocenters. The minimum Gasteiger partial charge on any atom is -0.311 e. The van der Waals surface area contributed by atoms with Crippen LogP contribution in [0, 0.1) is 0 Å². The topological polar surface area (TPSA) is 3.24 Å². The second-order valence-electron chi connectivity index (χ2n) is 11.5. The standard InChI is InChI=1S/C46H33N/c1-3-11-34(12-4-1)39-15-9-16-40(31-39)36-23-27-45(28-24-36)47(44-19-5-2-6-20-44)46-29-25-37(26-30-46)41-17-10-18-42(32-41)43-22-21-35-13-7-8-14-38(35)33-43/h1-33H/i25D,26D,29D,30D. The van der Waals surface area contributed by atoms with Crippen LogP contribution in [0.5, 0.6) is 0 Å². The number of benzene rings is 8. The molecule has 0 radical (unpaired) electrons. The number of anilines is 3. The highest BCUT2D eigenvalue weighted by Crippen LogP contribution is 2.37. The van der Waals surface area contributed by atoms with E-state index in [2.05, 4.69) is 66.7 Å². The fraction of sp³-hybridized carbons (Fsp3) is 0. The van der Waals surface area contributed by atoms with Gasteiger partial charge in [-0.3, -0.25) is 0 Å². The number of para-hydroxylation sites is 1. The normalized spacial score (nSPS) is 12.2. The Morgan fingerprint density at radius 3 is 1.38 bits per heavy atom. The molecule has 0 aliphatic heterocycles. The number of hydrogen-bond donors (Lipinski definition) is 0. The van der Waals surface area contributed by atoms with Crippen molar-refractivity contribution in [2.24, 2.45) is 0 Å². The molecule has 0 aliphatic rings. The zero-order valence-corrected chi connectivity index (χ0v) is 25.7. The van der Waals surface area contributed by atoms with Crippen molar-refractivity contribution in [1.29, 1.82) is 0 Å². The Morgan fingerprint density at radius 2 is 0.723 bits per heavy atom. The zero-order valence-electron chi connectivity index (χ0n) is 29.7. The highest BCUT2D eigenvalue weighted by molar-refractivity contribution is 5.88. The fourth-order valence-corrected chi connectivity index (χ4v) is 6.08. The molecule has 8 aromatic carbocycles. The third-order valence-electron chi connectivity index (χ3n) is 8.51. The molecule has 0 heterocycles. The molecule has 0 spiro atoms. The van der Waals surface area contributed by atoms with Crippen LogP contribution in [-0.4, -0.2) is 0 Å². The van der Waals surface area contributed by atoms with Crippen LogP contribution in [0.4, 0.5) is 17.1 Å². The lowest BCUT2D eigenvalue weighted by molar-refractivity contribution is 1.28. The highest BCUT2D eigenvalue weighted by atomic mass is 15.1. The molecule has 222 valence electrons. The van der Waals surface area contributed by atoms with Gasteiger partial charge in [0.15, 0.2) is 0 Å². The van der Waals surface area contributed by atoms with Crippen molar-refractivity contribution in [3.63, 3.8) is 0 Å². The Labute approximate surface area is 282 Å². The maximum absolute atomic E-state index is 9.31. The van der Waals surface area contributed by atoms with Gasteiger partial charge in [-0.2, -0.15) is 0 Å². The molecular formula is C46H33N. The Morgan fingerprint density at radius 1 is 0.277 bits per heavy atom. The summed E-state index contributed by atoms with van der Waals surface area (Å²) in [5.41, 5.74) is 8.94. The summed E-state index contributed by atoms with van der Waals surface area (Å²) in [7, 11) is 0. The van der Waals surface area contributed by atoms with Crippen molar-refractivity contribution in [2.75, 3.05) is 4.90 Å². The third-order valence-corrected chi connectivity index (χ3v) is 8.51. The first-order valence-corrected chi connectivity index (χ1v) is 15.8. The van der Waals surface area contributed by atoms with Gasteiger partial charge in [0.25, 0.3) is 0 Å². The summed E-state index contributed by atoms with van der Waals surface area (Å²) >= 11 is 0. The van der Waals surface area contributed by atoms with Crippen molar-refractivity contribution in [3.8, 4) is 44.5 Å². The molecule has 0 saturated heterocycles. The van der Waals surface area contributed by atoms with E-state index in [1.165, 1.54) is 0 Å². The molecule has 1 heteroatoms. The van der Waals surface area contributed by atoms with Crippen LogP contribution >= 0.6 is 0 Å². The first-order valence-electron chi connectivity index (χ1n) is 17.8. The lowest BCUT2D eigenvalue weighted by atomic mass is 9.97. The van der Waals surface area contributed by atoms with Gasteiger partial charge in [-0.05, 0) is 110 Å². The molecule has 8 aromatic rings. The van der Waals surface area contributed by atoms with Gasteiger partial charge < -0.3 is 4.90 Å². The van der Waals surface area contributed by atoms with Crippen LogP contribution in [-0.2, 0) is 0 Å². The van der Waals surface area contributed by atoms with Gasteiger partial charge in [0.2, 0.25) is 0 Å². The van der Waals surface area contributed by atoms with E-state index in [1.807, 2.05) is 114 Å². The number of hydrogen-bond acceptors (Lipinski definition) is 1. The maximum Gasteiger partial charge on any atom is 0.0645 e. The molecule has 0 amide bonds. The van der Waals surface area contributed by atoms with Crippen molar-refractivity contribution < 1.29 is 5.48 Å². The molecule has 47 heavy (non-hydrogen) atoms. The van der Waals surface area contributed by atoms with Crippen LogP contribution in [0.1, 0.15) is 5.48 Å². The molecule has 0 aromatic heterocycles. The van der Waals surface area contributed by atoms with Crippen molar-refractivity contribution in [1.82, 2.24) is 0 Å².